The summed E-state index contributed by atoms with van der Waals surface area (Å²) in [4.78, 5) is 7.22. The molecule has 1 aliphatic rings. The van der Waals surface area contributed by atoms with Gasteiger partial charge in [-0.15, -0.1) is 0 Å². The van der Waals surface area contributed by atoms with E-state index >= 15 is 0 Å². The van der Waals surface area contributed by atoms with Crippen LogP contribution >= 0.6 is 11.6 Å². The molecule has 2 aromatic carbocycles. The van der Waals surface area contributed by atoms with Crippen LogP contribution in [0.2, 0.25) is 5.02 Å². The standard InChI is InChI=1S/C26H28ClN5O4S/c1-16-13-22(31-12-11-20(15-31)30-37(33,34)21-8-6-19(27)7-9-21)26-28-17(2)25(32(26)29-16)18-5-10-23(35-3)24(14-18)36-4/h5-10,13-14,20,30H,11-12,15H2,1-4H3/t20-/m1/s1. The fourth-order valence-corrected chi connectivity index (χ4v) is 6.14. The van der Waals surface area contributed by atoms with Crippen LogP contribution in [-0.4, -0.2) is 56.4 Å². The number of sulfonamides is 1. The number of rotatable bonds is 7. The number of aryl methyl sites for hydroxylation is 2. The van der Waals surface area contributed by atoms with Crippen molar-refractivity contribution in [2.75, 3.05) is 32.2 Å². The average molecular weight is 542 g/mol. The van der Waals surface area contributed by atoms with E-state index in [-0.39, 0.29) is 10.9 Å². The molecule has 4 aromatic rings. The zero-order valence-corrected chi connectivity index (χ0v) is 22.6. The molecule has 1 atom stereocenters. The molecule has 5 rings (SSSR count). The van der Waals surface area contributed by atoms with Crippen molar-refractivity contribution in [3.05, 3.63) is 64.9 Å². The van der Waals surface area contributed by atoms with Crippen LogP contribution in [0.25, 0.3) is 16.9 Å². The highest BCUT2D eigenvalue weighted by atomic mass is 35.5. The summed E-state index contributed by atoms with van der Waals surface area (Å²) in [5.74, 6) is 1.27. The molecule has 0 bridgehead atoms. The minimum atomic E-state index is -3.66. The van der Waals surface area contributed by atoms with Gasteiger partial charge in [0, 0.05) is 29.7 Å². The maximum atomic E-state index is 12.9. The van der Waals surface area contributed by atoms with Gasteiger partial charge < -0.3 is 14.4 Å². The molecule has 11 heteroatoms. The summed E-state index contributed by atoms with van der Waals surface area (Å²) in [7, 11) is -0.449. The SMILES string of the molecule is COc1ccc(-c2c(C)nc3c(N4CC[C@@H](NS(=O)(=O)c5ccc(Cl)cc5)C4)cc(C)nn23)cc1OC. The first-order chi connectivity index (χ1) is 17.7. The Morgan fingerprint density at radius 3 is 2.46 bits per heavy atom. The predicted molar refractivity (Wildman–Crippen MR) is 143 cm³/mol. The molecule has 0 radical (unpaired) electrons. The Balaban J connectivity index is 1.46. The van der Waals surface area contributed by atoms with Crippen molar-refractivity contribution in [2.24, 2.45) is 0 Å². The molecule has 0 aliphatic carbocycles. The molecule has 0 saturated carbocycles. The highest BCUT2D eigenvalue weighted by Crippen LogP contribution is 2.36. The number of hydrogen-bond acceptors (Lipinski definition) is 7. The molecule has 1 fully saturated rings. The number of halogens is 1. The molecule has 37 heavy (non-hydrogen) atoms. The maximum absolute atomic E-state index is 12.9. The fraction of sp³-hybridized carbons (Fsp3) is 0.308. The van der Waals surface area contributed by atoms with Gasteiger partial charge in [0.05, 0.1) is 41.9 Å². The quantitative estimate of drug-likeness (QED) is 0.373. The van der Waals surface area contributed by atoms with E-state index in [1.165, 1.54) is 12.1 Å². The first kappa shape index (κ1) is 25.3. The van der Waals surface area contributed by atoms with E-state index in [1.807, 2.05) is 42.6 Å². The zero-order valence-electron chi connectivity index (χ0n) is 21.0. The number of ether oxygens (including phenoxy) is 2. The van der Waals surface area contributed by atoms with Gasteiger partial charge in [-0.2, -0.15) is 5.10 Å². The summed E-state index contributed by atoms with van der Waals surface area (Å²) in [5, 5.41) is 5.25. The number of hydrogen-bond donors (Lipinski definition) is 1. The third kappa shape index (κ3) is 4.84. The highest BCUT2D eigenvalue weighted by Gasteiger charge is 2.30. The summed E-state index contributed by atoms with van der Waals surface area (Å²) in [6.45, 7) is 5.09. The topological polar surface area (TPSA) is 98.1 Å². The van der Waals surface area contributed by atoms with Gasteiger partial charge in [0.25, 0.3) is 0 Å². The molecular weight excluding hydrogens is 514 g/mol. The Kier molecular flexibility index (Phi) is 6.74. The molecular formula is C26H28ClN5O4S. The second-order valence-electron chi connectivity index (χ2n) is 9.03. The Morgan fingerprint density at radius 2 is 1.76 bits per heavy atom. The lowest BCUT2D eigenvalue weighted by Gasteiger charge is -2.20. The van der Waals surface area contributed by atoms with E-state index < -0.39 is 10.0 Å². The molecule has 3 heterocycles. The lowest BCUT2D eigenvalue weighted by Crippen LogP contribution is -2.37. The summed E-state index contributed by atoms with van der Waals surface area (Å²) in [6.07, 6.45) is 0.669. The van der Waals surface area contributed by atoms with E-state index in [4.69, 9.17) is 31.2 Å². The van der Waals surface area contributed by atoms with Crippen molar-refractivity contribution < 1.29 is 17.9 Å². The lowest BCUT2D eigenvalue weighted by molar-refractivity contribution is 0.355. The van der Waals surface area contributed by atoms with Gasteiger partial charge in [-0.1, -0.05) is 11.6 Å². The van der Waals surface area contributed by atoms with Gasteiger partial charge in [0.15, 0.2) is 17.1 Å². The van der Waals surface area contributed by atoms with Gasteiger partial charge in [0.2, 0.25) is 10.0 Å². The van der Waals surface area contributed by atoms with Crippen molar-refractivity contribution in [1.29, 1.82) is 0 Å². The number of aromatic nitrogens is 3. The molecule has 0 amide bonds. The monoisotopic (exact) mass is 541 g/mol. The second kappa shape index (κ2) is 9.85. The fourth-order valence-electron chi connectivity index (χ4n) is 4.75. The van der Waals surface area contributed by atoms with Crippen LogP contribution in [0.3, 0.4) is 0 Å². The maximum Gasteiger partial charge on any atom is 0.240 e. The van der Waals surface area contributed by atoms with Crippen molar-refractivity contribution in [3.8, 4) is 22.8 Å². The van der Waals surface area contributed by atoms with Crippen LogP contribution < -0.4 is 19.1 Å². The number of nitrogens with one attached hydrogen (secondary N) is 1. The molecule has 0 unspecified atom stereocenters. The molecule has 0 spiro atoms. The summed E-state index contributed by atoms with van der Waals surface area (Å²) < 4.78 is 41.4. The number of imidazole rings is 1. The molecule has 2 aromatic heterocycles. The Hall–Kier alpha value is -3.34. The van der Waals surface area contributed by atoms with Crippen LogP contribution in [0, 0.1) is 13.8 Å². The van der Waals surface area contributed by atoms with Gasteiger partial charge >= 0.3 is 0 Å². The van der Waals surface area contributed by atoms with Gasteiger partial charge in [-0.25, -0.2) is 22.6 Å². The Labute approximate surface area is 221 Å². The Bertz CT molecular complexity index is 1570. The van der Waals surface area contributed by atoms with Crippen LogP contribution in [0.4, 0.5) is 5.69 Å². The van der Waals surface area contributed by atoms with Crippen LogP contribution in [0.15, 0.2) is 53.4 Å². The van der Waals surface area contributed by atoms with Gasteiger partial charge in [-0.05, 0) is 68.8 Å². The number of anilines is 1. The van der Waals surface area contributed by atoms with Gasteiger partial charge in [-0.3, -0.25) is 0 Å². The van der Waals surface area contributed by atoms with E-state index in [0.29, 0.717) is 41.7 Å². The molecule has 1 saturated heterocycles. The summed E-state index contributed by atoms with van der Waals surface area (Å²) in [5.41, 5.74) is 5.05. The summed E-state index contributed by atoms with van der Waals surface area (Å²) >= 11 is 5.91. The van der Waals surface area contributed by atoms with E-state index in [1.54, 1.807) is 26.4 Å². The smallest absolute Gasteiger partial charge is 0.240 e. The third-order valence-electron chi connectivity index (χ3n) is 6.49. The van der Waals surface area contributed by atoms with Crippen LogP contribution in [-0.2, 0) is 10.0 Å². The molecule has 9 nitrogen and oxygen atoms in total. The molecule has 1 aliphatic heterocycles. The van der Waals surface area contributed by atoms with E-state index in [9.17, 15) is 8.42 Å². The zero-order chi connectivity index (χ0) is 26.3. The average Bonchev–Trinajstić information content (AvgIpc) is 3.46. The van der Waals surface area contributed by atoms with E-state index in [2.05, 4.69) is 9.62 Å². The lowest BCUT2D eigenvalue weighted by atomic mass is 10.1. The van der Waals surface area contributed by atoms with Gasteiger partial charge in [0.1, 0.15) is 0 Å². The molecule has 1 N–H and O–H groups in total. The largest absolute Gasteiger partial charge is 0.493 e. The van der Waals surface area contributed by atoms with Crippen molar-refractivity contribution >= 4 is 33.0 Å². The van der Waals surface area contributed by atoms with Crippen molar-refractivity contribution in [3.63, 3.8) is 0 Å². The minimum absolute atomic E-state index is 0.195. The van der Waals surface area contributed by atoms with Crippen molar-refractivity contribution in [1.82, 2.24) is 19.3 Å². The van der Waals surface area contributed by atoms with E-state index in [0.717, 1.165) is 28.3 Å². The number of fused-ring (bicyclic) bond motifs is 1. The normalized spacial score (nSPS) is 15.9. The first-order valence-electron chi connectivity index (χ1n) is 11.8. The second-order valence-corrected chi connectivity index (χ2v) is 11.2. The Morgan fingerprint density at radius 1 is 1.03 bits per heavy atom. The van der Waals surface area contributed by atoms with Crippen molar-refractivity contribution in [2.45, 2.75) is 31.2 Å². The minimum Gasteiger partial charge on any atom is -0.493 e. The van der Waals surface area contributed by atoms with Crippen LogP contribution in [0.5, 0.6) is 11.5 Å². The number of benzene rings is 2. The third-order valence-corrected chi connectivity index (χ3v) is 8.28. The highest BCUT2D eigenvalue weighted by molar-refractivity contribution is 7.89. The predicted octanol–water partition coefficient (Wildman–Crippen LogP) is 4.24. The first-order valence-corrected chi connectivity index (χ1v) is 13.7. The summed E-state index contributed by atoms with van der Waals surface area (Å²) in [6, 6.07) is 13.7. The molecule has 194 valence electrons. The number of nitrogens with zero attached hydrogens (tertiary/aromatic N) is 4. The van der Waals surface area contributed by atoms with Crippen LogP contribution in [0.1, 0.15) is 17.8 Å². The number of methoxy groups -OCH3 is 2.